The molecule has 2 N–H and O–H groups in total. The van der Waals surface area contributed by atoms with Crippen molar-refractivity contribution < 1.29 is 0 Å². The topological polar surface area (TPSA) is 42.1 Å². The molecule has 0 amide bonds. The van der Waals surface area contributed by atoms with Crippen LogP contribution in [0.5, 0.6) is 0 Å². The van der Waals surface area contributed by atoms with Crippen LogP contribution in [0.25, 0.3) is 10.9 Å². The van der Waals surface area contributed by atoms with E-state index >= 15 is 0 Å². The summed E-state index contributed by atoms with van der Waals surface area (Å²) >= 11 is 0. The first-order valence-corrected chi connectivity index (χ1v) is 8.17. The molecule has 0 atom stereocenters. The van der Waals surface area contributed by atoms with Crippen LogP contribution in [0.2, 0.25) is 0 Å². The van der Waals surface area contributed by atoms with E-state index in [4.69, 9.17) is 10.7 Å². The second-order valence-corrected chi connectivity index (χ2v) is 6.66. The predicted octanol–water partition coefficient (Wildman–Crippen LogP) is 3.32. The van der Waals surface area contributed by atoms with Crippen molar-refractivity contribution in [3.05, 3.63) is 35.9 Å². The van der Waals surface area contributed by atoms with Gasteiger partial charge in [-0.25, -0.2) is 4.98 Å². The van der Waals surface area contributed by atoms with Gasteiger partial charge in [-0.3, -0.25) is 0 Å². The minimum Gasteiger partial charge on any atom is -0.356 e. The molecular formula is C18H23N3. The summed E-state index contributed by atoms with van der Waals surface area (Å²) in [6.45, 7) is 2.89. The van der Waals surface area contributed by atoms with Crippen LogP contribution in [0.4, 0.5) is 5.82 Å². The number of fused-ring (bicyclic) bond motifs is 1. The van der Waals surface area contributed by atoms with Crippen LogP contribution in [-0.4, -0.2) is 18.1 Å². The van der Waals surface area contributed by atoms with Crippen molar-refractivity contribution in [2.45, 2.75) is 32.2 Å². The van der Waals surface area contributed by atoms with Gasteiger partial charge in [0.2, 0.25) is 0 Å². The Morgan fingerprint density at radius 1 is 1.05 bits per heavy atom. The van der Waals surface area contributed by atoms with Crippen molar-refractivity contribution in [3.63, 3.8) is 0 Å². The molecule has 21 heavy (non-hydrogen) atoms. The van der Waals surface area contributed by atoms with Gasteiger partial charge in [-0.05, 0) is 49.7 Å². The highest BCUT2D eigenvalue weighted by Crippen LogP contribution is 2.36. The maximum atomic E-state index is 6.01. The molecule has 1 heterocycles. The normalized spacial score (nSPS) is 18.1. The first-order chi connectivity index (χ1) is 10.3. The Morgan fingerprint density at radius 3 is 2.33 bits per heavy atom. The quantitative estimate of drug-likeness (QED) is 0.883. The Balaban J connectivity index is 1.72. The van der Waals surface area contributed by atoms with Crippen LogP contribution in [0.1, 0.15) is 31.2 Å². The fourth-order valence-corrected chi connectivity index (χ4v) is 3.05. The van der Waals surface area contributed by atoms with Gasteiger partial charge >= 0.3 is 0 Å². The maximum Gasteiger partial charge on any atom is 0.133 e. The molecule has 1 aromatic heterocycles. The van der Waals surface area contributed by atoms with Crippen molar-refractivity contribution in [3.8, 4) is 0 Å². The van der Waals surface area contributed by atoms with E-state index in [1.807, 2.05) is 0 Å². The lowest BCUT2D eigenvalue weighted by atomic mass is 10.1. The van der Waals surface area contributed by atoms with Crippen LogP contribution in [0.3, 0.4) is 0 Å². The van der Waals surface area contributed by atoms with Crippen LogP contribution in [0.15, 0.2) is 30.3 Å². The Labute approximate surface area is 126 Å². The SMILES string of the molecule is NCc1cc2ccccc2nc1N(CC1CC1)CC1CC1. The van der Waals surface area contributed by atoms with E-state index in [9.17, 15) is 0 Å². The van der Waals surface area contributed by atoms with E-state index in [1.165, 1.54) is 36.6 Å². The summed E-state index contributed by atoms with van der Waals surface area (Å²) in [5.74, 6) is 2.89. The van der Waals surface area contributed by atoms with Crippen LogP contribution >= 0.6 is 0 Å². The van der Waals surface area contributed by atoms with Gasteiger partial charge in [0.15, 0.2) is 0 Å². The molecule has 2 aromatic rings. The van der Waals surface area contributed by atoms with Gasteiger partial charge in [-0.15, -0.1) is 0 Å². The Hall–Kier alpha value is -1.61. The molecule has 0 radical (unpaired) electrons. The minimum atomic E-state index is 0.568. The lowest BCUT2D eigenvalue weighted by Crippen LogP contribution is -2.30. The standard InChI is InChI=1S/C18H23N3/c19-10-16-9-15-3-1-2-4-17(15)20-18(16)21(11-13-5-6-13)12-14-7-8-14/h1-4,9,13-14H,5-8,10-12,19H2. The third-order valence-corrected chi connectivity index (χ3v) is 4.65. The maximum absolute atomic E-state index is 6.01. The highest BCUT2D eigenvalue weighted by molar-refractivity contribution is 5.81. The zero-order valence-electron chi connectivity index (χ0n) is 12.5. The van der Waals surface area contributed by atoms with E-state index in [0.717, 1.165) is 36.3 Å². The number of pyridine rings is 1. The van der Waals surface area contributed by atoms with Gasteiger partial charge in [0.1, 0.15) is 5.82 Å². The smallest absolute Gasteiger partial charge is 0.133 e. The number of benzene rings is 1. The average Bonchev–Trinajstić information content (AvgIpc) is 3.41. The molecule has 3 nitrogen and oxygen atoms in total. The van der Waals surface area contributed by atoms with Gasteiger partial charge in [0.25, 0.3) is 0 Å². The van der Waals surface area contributed by atoms with E-state index in [1.54, 1.807) is 0 Å². The third-order valence-electron chi connectivity index (χ3n) is 4.65. The van der Waals surface area contributed by atoms with Crippen molar-refractivity contribution in [1.82, 2.24) is 4.98 Å². The monoisotopic (exact) mass is 281 g/mol. The number of rotatable bonds is 6. The van der Waals surface area contributed by atoms with Crippen molar-refractivity contribution in [2.24, 2.45) is 17.6 Å². The Morgan fingerprint density at radius 2 is 1.71 bits per heavy atom. The summed E-state index contributed by atoms with van der Waals surface area (Å²) in [7, 11) is 0. The number of para-hydroxylation sites is 1. The van der Waals surface area contributed by atoms with Crippen molar-refractivity contribution >= 4 is 16.7 Å². The molecule has 0 unspecified atom stereocenters. The molecule has 2 fully saturated rings. The van der Waals surface area contributed by atoms with E-state index in [-0.39, 0.29) is 0 Å². The second-order valence-electron chi connectivity index (χ2n) is 6.66. The van der Waals surface area contributed by atoms with Crippen LogP contribution in [0, 0.1) is 11.8 Å². The summed E-state index contributed by atoms with van der Waals surface area (Å²) in [6.07, 6.45) is 5.53. The molecule has 4 rings (SSSR count). The zero-order valence-corrected chi connectivity index (χ0v) is 12.5. The number of aromatic nitrogens is 1. The second kappa shape index (κ2) is 5.30. The highest BCUT2D eigenvalue weighted by Gasteiger charge is 2.30. The number of hydrogen-bond acceptors (Lipinski definition) is 3. The fraction of sp³-hybridized carbons (Fsp3) is 0.500. The first-order valence-electron chi connectivity index (χ1n) is 8.17. The fourth-order valence-electron chi connectivity index (χ4n) is 3.05. The molecule has 0 bridgehead atoms. The van der Waals surface area contributed by atoms with Crippen LogP contribution in [-0.2, 0) is 6.54 Å². The summed E-state index contributed by atoms with van der Waals surface area (Å²) in [4.78, 5) is 7.47. The Bertz CT molecular complexity index is 630. The summed E-state index contributed by atoms with van der Waals surface area (Å²) in [6, 6.07) is 10.6. The molecule has 110 valence electrons. The highest BCUT2D eigenvalue weighted by atomic mass is 15.2. The van der Waals surface area contributed by atoms with Crippen molar-refractivity contribution in [2.75, 3.05) is 18.0 Å². The zero-order chi connectivity index (χ0) is 14.2. The summed E-state index contributed by atoms with van der Waals surface area (Å²) in [5, 5.41) is 1.19. The molecule has 3 heteroatoms. The van der Waals surface area contributed by atoms with Crippen LogP contribution < -0.4 is 10.6 Å². The summed E-state index contributed by atoms with van der Waals surface area (Å²) in [5.41, 5.74) is 8.28. The van der Waals surface area contributed by atoms with Gasteiger partial charge in [0, 0.05) is 30.6 Å². The van der Waals surface area contributed by atoms with Gasteiger partial charge < -0.3 is 10.6 Å². The first kappa shape index (κ1) is 13.1. The van der Waals surface area contributed by atoms with Gasteiger partial charge in [0.05, 0.1) is 5.52 Å². The Kier molecular flexibility index (Phi) is 3.30. The summed E-state index contributed by atoms with van der Waals surface area (Å²) < 4.78 is 0. The van der Waals surface area contributed by atoms with Gasteiger partial charge in [-0.1, -0.05) is 18.2 Å². The third kappa shape index (κ3) is 2.88. The molecular weight excluding hydrogens is 258 g/mol. The number of nitrogens with zero attached hydrogens (tertiary/aromatic N) is 2. The lowest BCUT2D eigenvalue weighted by Gasteiger charge is -2.26. The minimum absolute atomic E-state index is 0.568. The predicted molar refractivity (Wildman–Crippen MR) is 87.3 cm³/mol. The largest absolute Gasteiger partial charge is 0.356 e. The van der Waals surface area contributed by atoms with Crippen molar-refractivity contribution in [1.29, 1.82) is 0 Å². The lowest BCUT2D eigenvalue weighted by molar-refractivity contribution is 0.669. The van der Waals surface area contributed by atoms with E-state index < -0.39 is 0 Å². The molecule has 2 aliphatic rings. The molecule has 1 aromatic carbocycles. The van der Waals surface area contributed by atoms with Gasteiger partial charge in [-0.2, -0.15) is 0 Å². The molecule has 2 saturated carbocycles. The number of nitrogens with two attached hydrogens (primary N) is 1. The average molecular weight is 281 g/mol. The molecule has 0 saturated heterocycles. The number of hydrogen-bond donors (Lipinski definition) is 1. The van der Waals surface area contributed by atoms with E-state index in [2.05, 4.69) is 35.2 Å². The molecule has 0 spiro atoms. The molecule has 2 aliphatic carbocycles. The molecule has 0 aliphatic heterocycles. The number of anilines is 1. The van der Waals surface area contributed by atoms with E-state index in [0.29, 0.717) is 6.54 Å².